The SMILES string of the molecule is Cc1cc(CNC(=O)c2cc([N+](=O)[O-])cc(C)c2F)on1. The maximum absolute atomic E-state index is 13.9. The van der Waals surface area contributed by atoms with Gasteiger partial charge in [0, 0.05) is 18.2 Å². The summed E-state index contributed by atoms with van der Waals surface area (Å²) in [5.74, 6) is -1.14. The normalized spacial score (nSPS) is 10.4. The average Bonchev–Trinajstić information content (AvgIpc) is 2.84. The monoisotopic (exact) mass is 293 g/mol. The molecule has 0 atom stereocenters. The fraction of sp³-hybridized carbons (Fsp3) is 0.231. The van der Waals surface area contributed by atoms with E-state index < -0.39 is 16.6 Å². The zero-order valence-corrected chi connectivity index (χ0v) is 11.3. The molecule has 1 aromatic heterocycles. The number of non-ortho nitro benzene ring substituents is 1. The van der Waals surface area contributed by atoms with Gasteiger partial charge in [-0.15, -0.1) is 0 Å². The lowest BCUT2D eigenvalue weighted by molar-refractivity contribution is -0.385. The molecule has 0 radical (unpaired) electrons. The summed E-state index contributed by atoms with van der Waals surface area (Å²) in [5.41, 5.74) is -0.0334. The van der Waals surface area contributed by atoms with Crippen LogP contribution in [-0.4, -0.2) is 16.0 Å². The van der Waals surface area contributed by atoms with Crippen LogP contribution in [-0.2, 0) is 6.54 Å². The Hall–Kier alpha value is -2.77. The third-order valence-electron chi connectivity index (χ3n) is 2.79. The lowest BCUT2D eigenvalue weighted by atomic mass is 10.1. The van der Waals surface area contributed by atoms with Crippen molar-refractivity contribution in [3.05, 3.63) is 56.7 Å². The molecule has 0 unspecified atom stereocenters. The predicted octanol–water partition coefficient (Wildman–Crippen LogP) is 2.27. The van der Waals surface area contributed by atoms with E-state index >= 15 is 0 Å². The topological polar surface area (TPSA) is 98.3 Å². The predicted molar refractivity (Wildman–Crippen MR) is 70.2 cm³/mol. The number of aromatic nitrogens is 1. The molecule has 0 fully saturated rings. The van der Waals surface area contributed by atoms with Gasteiger partial charge in [-0.1, -0.05) is 5.16 Å². The largest absolute Gasteiger partial charge is 0.359 e. The fourth-order valence-electron chi connectivity index (χ4n) is 1.78. The van der Waals surface area contributed by atoms with E-state index in [0.29, 0.717) is 11.5 Å². The Bertz CT molecular complexity index is 711. The third kappa shape index (κ3) is 3.22. The molecule has 7 nitrogen and oxygen atoms in total. The lowest BCUT2D eigenvalue weighted by Crippen LogP contribution is -2.24. The second-order valence-electron chi connectivity index (χ2n) is 4.50. The molecule has 1 heterocycles. The van der Waals surface area contributed by atoms with Crippen molar-refractivity contribution >= 4 is 11.6 Å². The second kappa shape index (κ2) is 5.70. The minimum atomic E-state index is -0.785. The molecule has 0 aliphatic rings. The molecule has 2 aromatic rings. The lowest BCUT2D eigenvalue weighted by Gasteiger charge is -2.06. The number of carbonyl (C=O) groups excluding carboxylic acids is 1. The van der Waals surface area contributed by atoms with E-state index in [1.165, 1.54) is 6.92 Å². The van der Waals surface area contributed by atoms with Gasteiger partial charge < -0.3 is 9.84 Å². The van der Waals surface area contributed by atoms with Gasteiger partial charge in [-0.3, -0.25) is 14.9 Å². The highest BCUT2D eigenvalue weighted by molar-refractivity contribution is 5.95. The minimum absolute atomic E-state index is 0.0147. The summed E-state index contributed by atoms with van der Waals surface area (Å²) in [6.07, 6.45) is 0. The van der Waals surface area contributed by atoms with Crippen LogP contribution in [0.5, 0.6) is 0 Å². The van der Waals surface area contributed by atoms with Crippen LogP contribution in [0.25, 0.3) is 0 Å². The van der Waals surface area contributed by atoms with Gasteiger partial charge in [0.05, 0.1) is 22.7 Å². The Balaban J connectivity index is 2.20. The molecule has 8 heteroatoms. The third-order valence-corrected chi connectivity index (χ3v) is 2.79. The van der Waals surface area contributed by atoms with Crippen LogP contribution in [0.15, 0.2) is 22.7 Å². The highest BCUT2D eigenvalue weighted by atomic mass is 19.1. The molecule has 1 aromatic carbocycles. The summed E-state index contributed by atoms with van der Waals surface area (Å²) in [7, 11) is 0. The van der Waals surface area contributed by atoms with E-state index in [4.69, 9.17) is 4.52 Å². The summed E-state index contributed by atoms with van der Waals surface area (Å²) in [4.78, 5) is 22.0. The first kappa shape index (κ1) is 14.6. The number of aryl methyl sites for hydroxylation is 2. The van der Waals surface area contributed by atoms with Gasteiger partial charge in [-0.25, -0.2) is 4.39 Å². The summed E-state index contributed by atoms with van der Waals surface area (Å²) >= 11 is 0. The van der Waals surface area contributed by atoms with Crippen molar-refractivity contribution in [2.45, 2.75) is 20.4 Å². The standard InChI is InChI=1S/C13H12FN3O4/c1-7-3-9(17(19)20)5-11(12(7)14)13(18)15-6-10-4-8(2)16-21-10/h3-5H,6H2,1-2H3,(H,15,18). The number of nitrogens with one attached hydrogen (secondary N) is 1. The van der Waals surface area contributed by atoms with Gasteiger partial charge in [-0.05, 0) is 19.4 Å². The number of halogens is 1. The highest BCUT2D eigenvalue weighted by Crippen LogP contribution is 2.21. The van der Waals surface area contributed by atoms with E-state index in [0.717, 1.165) is 12.1 Å². The Morgan fingerprint density at radius 1 is 1.43 bits per heavy atom. The van der Waals surface area contributed by atoms with Crippen LogP contribution in [0.3, 0.4) is 0 Å². The number of carbonyl (C=O) groups is 1. The van der Waals surface area contributed by atoms with E-state index in [9.17, 15) is 19.3 Å². The van der Waals surface area contributed by atoms with Crippen LogP contribution >= 0.6 is 0 Å². The van der Waals surface area contributed by atoms with E-state index in [-0.39, 0.29) is 23.4 Å². The van der Waals surface area contributed by atoms with Gasteiger partial charge in [0.1, 0.15) is 5.82 Å². The zero-order chi connectivity index (χ0) is 15.6. The molecular weight excluding hydrogens is 281 g/mol. The van der Waals surface area contributed by atoms with E-state index in [1.807, 2.05) is 0 Å². The molecule has 0 spiro atoms. The second-order valence-corrected chi connectivity index (χ2v) is 4.50. The van der Waals surface area contributed by atoms with E-state index in [1.54, 1.807) is 13.0 Å². The van der Waals surface area contributed by atoms with Crippen molar-refractivity contribution in [1.29, 1.82) is 0 Å². The van der Waals surface area contributed by atoms with Gasteiger partial charge >= 0.3 is 0 Å². The molecule has 21 heavy (non-hydrogen) atoms. The molecule has 0 bridgehead atoms. The maximum atomic E-state index is 13.9. The number of hydrogen-bond donors (Lipinski definition) is 1. The van der Waals surface area contributed by atoms with Gasteiger partial charge in [0.25, 0.3) is 11.6 Å². The molecular formula is C13H12FN3O4. The Morgan fingerprint density at radius 2 is 2.14 bits per heavy atom. The fourth-order valence-corrected chi connectivity index (χ4v) is 1.78. The zero-order valence-electron chi connectivity index (χ0n) is 11.3. The highest BCUT2D eigenvalue weighted by Gasteiger charge is 2.19. The Kier molecular flexibility index (Phi) is 3.97. The van der Waals surface area contributed by atoms with Crippen molar-refractivity contribution in [3.63, 3.8) is 0 Å². The van der Waals surface area contributed by atoms with Crippen LogP contribution in [0.2, 0.25) is 0 Å². The summed E-state index contributed by atoms with van der Waals surface area (Å²) < 4.78 is 18.8. The minimum Gasteiger partial charge on any atom is -0.359 e. The smallest absolute Gasteiger partial charge is 0.270 e. The maximum Gasteiger partial charge on any atom is 0.270 e. The van der Waals surface area contributed by atoms with Gasteiger partial charge in [-0.2, -0.15) is 0 Å². The number of nitro benzene ring substituents is 1. The van der Waals surface area contributed by atoms with Crippen LogP contribution in [0.4, 0.5) is 10.1 Å². The molecule has 2 rings (SSSR count). The first-order valence-electron chi connectivity index (χ1n) is 6.03. The quantitative estimate of drug-likeness (QED) is 0.688. The van der Waals surface area contributed by atoms with Crippen LogP contribution in [0.1, 0.15) is 27.4 Å². The summed E-state index contributed by atoms with van der Waals surface area (Å²) in [5, 5.41) is 16.8. The number of hydrogen-bond acceptors (Lipinski definition) is 5. The first-order chi connectivity index (χ1) is 9.88. The first-order valence-corrected chi connectivity index (χ1v) is 6.03. The summed E-state index contributed by atoms with van der Waals surface area (Å²) in [6.45, 7) is 3.10. The Labute approximate surface area is 118 Å². The van der Waals surface area contributed by atoms with Crippen LogP contribution < -0.4 is 5.32 Å². The van der Waals surface area contributed by atoms with Crippen molar-refractivity contribution < 1.29 is 18.6 Å². The van der Waals surface area contributed by atoms with Crippen molar-refractivity contribution in [2.24, 2.45) is 0 Å². The Morgan fingerprint density at radius 3 is 2.71 bits per heavy atom. The summed E-state index contributed by atoms with van der Waals surface area (Å²) in [6, 6.07) is 3.60. The number of benzene rings is 1. The molecule has 0 saturated carbocycles. The van der Waals surface area contributed by atoms with Crippen molar-refractivity contribution in [3.8, 4) is 0 Å². The molecule has 0 aliphatic heterocycles. The van der Waals surface area contributed by atoms with Gasteiger partial charge in [0.15, 0.2) is 5.76 Å². The molecule has 110 valence electrons. The number of rotatable bonds is 4. The van der Waals surface area contributed by atoms with E-state index in [2.05, 4.69) is 10.5 Å². The molecule has 1 N–H and O–H groups in total. The molecule has 0 aliphatic carbocycles. The van der Waals surface area contributed by atoms with Crippen LogP contribution in [0, 0.1) is 29.8 Å². The van der Waals surface area contributed by atoms with Gasteiger partial charge in [0.2, 0.25) is 0 Å². The van der Waals surface area contributed by atoms with Crippen molar-refractivity contribution in [2.75, 3.05) is 0 Å². The molecule has 0 saturated heterocycles. The number of nitrogens with zero attached hydrogens (tertiary/aromatic N) is 2. The number of amides is 1. The average molecular weight is 293 g/mol. The van der Waals surface area contributed by atoms with Crippen molar-refractivity contribution in [1.82, 2.24) is 10.5 Å². The molecule has 1 amide bonds. The number of nitro groups is 1.